The molecule has 0 saturated heterocycles. The third-order valence-corrected chi connectivity index (χ3v) is 6.29. The second-order valence-electron chi connectivity index (χ2n) is 8.06. The fraction of sp³-hybridized carbons (Fsp3) is 0.308. The Balaban J connectivity index is 1.82. The molecule has 0 saturated carbocycles. The molecule has 150 valence electrons. The highest BCUT2D eigenvalue weighted by Crippen LogP contribution is 2.26. The maximum Gasteiger partial charge on any atom is 0.0636 e. The van der Waals surface area contributed by atoms with Crippen molar-refractivity contribution in [3.63, 3.8) is 0 Å². The molecule has 2 aromatic carbocycles. The Kier molecular flexibility index (Phi) is 6.81. The van der Waals surface area contributed by atoms with Gasteiger partial charge in [0.1, 0.15) is 0 Å². The minimum Gasteiger partial charge on any atom is -0.252 e. The quantitative estimate of drug-likeness (QED) is 0.371. The van der Waals surface area contributed by atoms with E-state index in [1.54, 1.807) is 11.3 Å². The SMILES string of the molecule is CC(=Nc1cccc(C(C)C)c1)c1ccc(C(C)=Nc2cccc(C(C)C)c2)s1. The number of rotatable bonds is 6. The summed E-state index contributed by atoms with van der Waals surface area (Å²) in [6, 6.07) is 21.3. The van der Waals surface area contributed by atoms with Crippen LogP contribution in [0.5, 0.6) is 0 Å². The second-order valence-corrected chi connectivity index (χ2v) is 9.14. The topological polar surface area (TPSA) is 24.7 Å². The van der Waals surface area contributed by atoms with Gasteiger partial charge in [-0.25, -0.2) is 0 Å². The number of hydrogen-bond acceptors (Lipinski definition) is 3. The molecule has 0 atom stereocenters. The van der Waals surface area contributed by atoms with Crippen molar-refractivity contribution in [1.29, 1.82) is 0 Å². The van der Waals surface area contributed by atoms with Crippen molar-refractivity contribution in [3.8, 4) is 0 Å². The van der Waals surface area contributed by atoms with Crippen molar-refractivity contribution >= 4 is 34.1 Å². The first kappa shape index (κ1) is 21.2. The van der Waals surface area contributed by atoms with Gasteiger partial charge in [0.15, 0.2) is 0 Å². The lowest BCUT2D eigenvalue weighted by molar-refractivity contribution is 0.867. The molecule has 3 aromatic rings. The molecular formula is C26H30N2S. The van der Waals surface area contributed by atoms with Gasteiger partial charge in [0.25, 0.3) is 0 Å². The Morgan fingerprint density at radius 3 is 1.45 bits per heavy atom. The first-order valence-corrected chi connectivity index (χ1v) is 11.1. The fourth-order valence-electron chi connectivity index (χ4n) is 3.13. The van der Waals surface area contributed by atoms with Crippen molar-refractivity contribution in [1.82, 2.24) is 0 Å². The molecule has 1 heterocycles. The van der Waals surface area contributed by atoms with Crippen LogP contribution in [0.25, 0.3) is 0 Å². The number of aliphatic imine (C=N–C) groups is 2. The number of hydrogen-bond donors (Lipinski definition) is 0. The minimum atomic E-state index is 0.506. The van der Waals surface area contributed by atoms with Gasteiger partial charge in [0.05, 0.1) is 22.8 Å². The molecule has 0 aliphatic heterocycles. The molecule has 0 bridgehead atoms. The largest absolute Gasteiger partial charge is 0.252 e. The Hall–Kier alpha value is -2.52. The molecule has 0 unspecified atom stereocenters. The summed E-state index contributed by atoms with van der Waals surface area (Å²) >= 11 is 1.75. The molecule has 0 aliphatic carbocycles. The summed E-state index contributed by atoms with van der Waals surface area (Å²) in [5, 5.41) is 0. The summed E-state index contributed by atoms with van der Waals surface area (Å²) in [6.07, 6.45) is 0. The smallest absolute Gasteiger partial charge is 0.0636 e. The van der Waals surface area contributed by atoms with E-state index in [9.17, 15) is 0 Å². The molecular weight excluding hydrogens is 372 g/mol. The summed E-state index contributed by atoms with van der Waals surface area (Å²) in [7, 11) is 0. The first-order chi connectivity index (χ1) is 13.8. The highest BCUT2D eigenvalue weighted by molar-refractivity contribution is 7.16. The van der Waals surface area contributed by atoms with Crippen LogP contribution in [0, 0.1) is 0 Å². The van der Waals surface area contributed by atoms with Gasteiger partial charge in [-0.1, -0.05) is 52.0 Å². The van der Waals surface area contributed by atoms with Crippen LogP contribution in [0.4, 0.5) is 11.4 Å². The van der Waals surface area contributed by atoms with Crippen LogP contribution in [0.3, 0.4) is 0 Å². The Bertz CT molecular complexity index is 956. The average molecular weight is 403 g/mol. The summed E-state index contributed by atoms with van der Waals surface area (Å²) in [4.78, 5) is 12.1. The van der Waals surface area contributed by atoms with E-state index in [0.29, 0.717) is 11.8 Å². The van der Waals surface area contributed by atoms with Gasteiger partial charge in [-0.15, -0.1) is 11.3 Å². The molecule has 1 aromatic heterocycles. The van der Waals surface area contributed by atoms with E-state index < -0.39 is 0 Å². The average Bonchev–Trinajstić information content (AvgIpc) is 3.19. The normalized spacial score (nSPS) is 12.8. The molecule has 0 amide bonds. The van der Waals surface area contributed by atoms with Gasteiger partial charge in [-0.2, -0.15) is 0 Å². The van der Waals surface area contributed by atoms with Crippen LogP contribution in [-0.4, -0.2) is 11.4 Å². The zero-order valence-electron chi connectivity index (χ0n) is 18.2. The van der Waals surface area contributed by atoms with E-state index in [2.05, 4.69) is 102 Å². The van der Waals surface area contributed by atoms with E-state index in [-0.39, 0.29) is 0 Å². The summed E-state index contributed by atoms with van der Waals surface area (Å²) in [5.41, 5.74) is 6.74. The van der Waals surface area contributed by atoms with Gasteiger partial charge in [0, 0.05) is 9.75 Å². The Labute approximate surface area is 179 Å². The van der Waals surface area contributed by atoms with Crippen LogP contribution < -0.4 is 0 Å². The molecule has 0 N–H and O–H groups in total. The summed E-state index contributed by atoms with van der Waals surface area (Å²) < 4.78 is 0. The highest BCUT2D eigenvalue weighted by Gasteiger charge is 2.08. The van der Waals surface area contributed by atoms with Gasteiger partial charge in [-0.05, 0) is 73.2 Å². The molecule has 0 fully saturated rings. The van der Waals surface area contributed by atoms with Gasteiger partial charge >= 0.3 is 0 Å². The maximum atomic E-state index is 4.85. The van der Waals surface area contributed by atoms with Crippen molar-refractivity contribution in [2.75, 3.05) is 0 Å². The third kappa shape index (κ3) is 5.51. The summed E-state index contributed by atoms with van der Waals surface area (Å²) in [6.45, 7) is 13.0. The summed E-state index contributed by atoms with van der Waals surface area (Å²) in [5.74, 6) is 1.01. The van der Waals surface area contributed by atoms with Crippen molar-refractivity contribution in [2.45, 2.75) is 53.4 Å². The number of benzene rings is 2. The van der Waals surface area contributed by atoms with Crippen LogP contribution in [-0.2, 0) is 0 Å². The zero-order chi connectivity index (χ0) is 21.0. The lowest BCUT2D eigenvalue weighted by Gasteiger charge is -2.06. The minimum absolute atomic E-state index is 0.506. The third-order valence-electron chi connectivity index (χ3n) is 4.99. The zero-order valence-corrected chi connectivity index (χ0v) is 19.0. The van der Waals surface area contributed by atoms with Gasteiger partial charge in [0.2, 0.25) is 0 Å². The van der Waals surface area contributed by atoms with Crippen LogP contribution in [0.15, 0.2) is 70.6 Å². The lowest BCUT2D eigenvalue weighted by atomic mass is 10.0. The molecule has 0 aliphatic rings. The Morgan fingerprint density at radius 2 is 1.07 bits per heavy atom. The standard InChI is InChI=1S/C26H30N2S/c1-17(2)21-9-7-11-23(15-21)27-19(5)25-13-14-26(29-25)20(6)28-24-12-8-10-22(16-24)18(3)4/h7-18H,1-6H3. The predicted octanol–water partition coefficient (Wildman–Crippen LogP) is 8.28. The van der Waals surface area contributed by atoms with E-state index in [1.807, 2.05) is 0 Å². The van der Waals surface area contributed by atoms with Crippen LogP contribution >= 0.6 is 11.3 Å². The molecule has 29 heavy (non-hydrogen) atoms. The van der Waals surface area contributed by atoms with Crippen molar-refractivity contribution in [3.05, 3.63) is 81.5 Å². The van der Waals surface area contributed by atoms with E-state index in [0.717, 1.165) is 22.8 Å². The van der Waals surface area contributed by atoms with Crippen LogP contribution in [0.1, 0.15) is 74.3 Å². The molecule has 0 spiro atoms. The first-order valence-electron chi connectivity index (χ1n) is 10.2. The van der Waals surface area contributed by atoms with Crippen molar-refractivity contribution in [2.24, 2.45) is 9.98 Å². The predicted molar refractivity (Wildman–Crippen MR) is 129 cm³/mol. The van der Waals surface area contributed by atoms with Crippen molar-refractivity contribution < 1.29 is 0 Å². The van der Waals surface area contributed by atoms with E-state index >= 15 is 0 Å². The molecule has 3 heteroatoms. The van der Waals surface area contributed by atoms with E-state index in [4.69, 9.17) is 9.98 Å². The Morgan fingerprint density at radius 1 is 0.655 bits per heavy atom. The monoisotopic (exact) mass is 402 g/mol. The highest BCUT2D eigenvalue weighted by atomic mass is 32.1. The van der Waals surface area contributed by atoms with Gasteiger partial charge in [-0.3, -0.25) is 9.98 Å². The molecule has 2 nitrogen and oxygen atoms in total. The van der Waals surface area contributed by atoms with E-state index in [1.165, 1.54) is 20.9 Å². The maximum absolute atomic E-state index is 4.85. The fourth-order valence-corrected chi connectivity index (χ4v) is 4.03. The lowest BCUT2D eigenvalue weighted by Crippen LogP contribution is -1.91. The number of nitrogens with zero attached hydrogens (tertiary/aromatic N) is 2. The number of thiophene rings is 1. The second kappa shape index (κ2) is 9.32. The van der Waals surface area contributed by atoms with Crippen LogP contribution in [0.2, 0.25) is 0 Å². The van der Waals surface area contributed by atoms with Gasteiger partial charge < -0.3 is 0 Å². The molecule has 0 radical (unpaired) electrons. The molecule has 3 rings (SSSR count).